The molecule has 0 saturated heterocycles. The third kappa shape index (κ3) is 3.12. The summed E-state index contributed by atoms with van der Waals surface area (Å²) in [5.41, 5.74) is 3.55. The van der Waals surface area contributed by atoms with Gasteiger partial charge in [0.2, 0.25) is 0 Å². The zero-order chi connectivity index (χ0) is 15.7. The van der Waals surface area contributed by atoms with E-state index >= 15 is 0 Å². The molecule has 0 aromatic heterocycles. The Morgan fingerprint density at radius 2 is 1.86 bits per heavy atom. The van der Waals surface area contributed by atoms with Gasteiger partial charge in [0, 0.05) is 5.69 Å². The van der Waals surface area contributed by atoms with Crippen molar-refractivity contribution in [2.24, 2.45) is 0 Å². The van der Waals surface area contributed by atoms with E-state index in [1.807, 2.05) is 26.0 Å². The van der Waals surface area contributed by atoms with Crippen LogP contribution in [0.3, 0.4) is 0 Å². The molecule has 1 amide bonds. The average molecular weight is 316 g/mol. The van der Waals surface area contributed by atoms with Gasteiger partial charge in [-0.1, -0.05) is 6.07 Å². The second kappa shape index (κ2) is 5.81. The van der Waals surface area contributed by atoms with Gasteiger partial charge in [-0.3, -0.25) is 4.79 Å². The number of fused-ring (bicyclic) bond motifs is 1. The topological polar surface area (TPSA) is 67.4 Å². The van der Waals surface area contributed by atoms with Crippen LogP contribution in [-0.2, 0) is 15.8 Å². The largest absolute Gasteiger partial charge is 0.482 e. The first-order valence-electron chi connectivity index (χ1n) is 6.85. The van der Waals surface area contributed by atoms with Gasteiger partial charge in [-0.15, -0.1) is 0 Å². The molecule has 1 unspecified atom stereocenters. The summed E-state index contributed by atoms with van der Waals surface area (Å²) in [6.45, 7) is 4.00. The fourth-order valence-electron chi connectivity index (χ4n) is 2.38. The summed E-state index contributed by atoms with van der Waals surface area (Å²) in [4.78, 5) is 11.9. The lowest BCUT2D eigenvalue weighted by molar-refractivity contribution is -0.118. The SMILES string of the molecule is Cc1cc(C)cc(NS(=O)c2ccc3c(c2)NC(=O)CO3)c1. The standard InChI is InChI=1S/C16H16N2O3S/c1-10-5-11(2)7-12(6-10)18-22(20)13-3-4-15-14(8-13)17-16(19)9-21-15/h3-8,18H,9H2,1-2H3,(H,17,19). The van der Waals surface area contributed by atoms with Gasteiger partial charge in [-0.05, 0) is 55.3 Å². The Labute approximate surface area is 131 Å². The Morgan fingerprint density at radius 1 is 1.14 bits per heavy atom. The smallest absolute Gasteiger partial charge is 0.262 e. The minimum Gasteiger partial charge on any atom is -0.482 e. The lowest BCUT2D eigenvalue weighted by atomic mass is 10.1. The van der Waals surface area contributed by atoms with E-state index in [-0.39, 0.29) is 12.5 Å². The van der Waals surface area contributed by atoms with Crippen molar-refractivity contribution in [3.8, 4) is 5.75 Å². The zero-order valence-electron chi connectivity index (χ0n) is 12.3. The van der Waals surface area contributed by atoms with Crippen molar-refractivity contribution >= 4 is 28.3 Å². The van der Waals surface area contributed by atoms with Crippen LogP contribution in [0.1, 0.15) is 11.1 Å². The Kier molecular flexibility index (Phi) is 3.85. The number of benzene rings is 2. The van der Waals surface area contributed by atoms with Crippen molar-refractivity contribution in [2.75, 3.05) is 16.6 Å². The predicted molar refractivity (Wildman–Crippen MR) is 86.5 cm³/mol. The highest BCUT2D eigenvalue weighted by Crippen LogP contribution is 2.30. The molecule has 1 aliphatic heterocycles. The van der Waals surface area contributed by atoms with E-state index in [0.29, 0.717) is 16.3 Å². The first-order valence-corrected chi connectivity index (χ1v) is 8.00. The van der Waals surface area contributed by atoms with Crippen LogP contribution in [0.2, 0.25) is 0 Å². The number of carbonyl (C=O) groups excluding carboxylic acids is 1. The zero-order valence-corrected chi connectivity index (χ0v) is 13.1. The van der Waals surface area contributed by atoms with E-state index in [0.717, 1.165) is 16.8 Å². The van der Waals surface area contributed by atoms with E-state index in [9.17, 15) is 9.00 Å². The van der Waals surface area contributed by atoms with E-state index in [1.54, 1.807) is 18.2 Å². The van der Waals surface area contributed by atoms with Gasteiger partial charge in [-0.2, -0.15) is 0 Å². The predicted octanol–water partition coefficient (Wildman–Crippen LogP) is 2.77. The lowest BCUT2D eigenvalue weighted by Gasteiger charge is -2.18. The molecule has 0 spiro atoms. The normalized spacial score (nSPS) is 14.5. The average Bonchev–Trinajstić information content (AvgIpc) is 2.45. The van der Waals surface area contributed by atoms with Crippen molar-refractivity contribution in [1.29, 1.82) is 0 Å². The fraction of sp³-hybridized carbons (Fsp3) is 0.188. The molecule has 3 rings (SSSR count). The molecule has 2 N–H and O–H groups in total. The second-order valence-electron chi connectivity index (χ2n) is 5.24. The molecule has 1 atom stereocenters. The summed E-state index contributed by atoms with van der Waals surface area (Å²) in [7, 11) is -1.42. The van der Waals surface area contributed by atoms with Crippen molar-refractivity contribution in [2.45, 2.75) is 18.7 Å². The molecule has 0 saturated carbocycles. The van der Waals surface area contributed by atoms with Gasteiger partial charge in [0.25, 0.3) is 5.91 Å². The van der Waals surface area contributed by atoms with E-state index < -0.39 is 11.0 Å². The third-order valence-corrected chi connectivity index (χ3v) is 4.33. The van der Waals surface area contributed by atoms with Crippen molar-refractivity contribution in [3.05, 3.63) is 47.5 Å². The molecule has 0 aliphatic carbocycles. The summed E-state index contributed by atoms with van der Waals surface area (Å²) in [5, 5.41) is 2.71. The molecule has 0 radical (unpaired) electrons. The summed E-state index contributed by atoms with van der Waals surface area (Å²) < 4.78 is 20.7. The highest BCUT2D eigenvalue weighted by atomic mass is 32.2. The number of carbonyl (C=O) groups is 1. The monoisotopic (exact) mass is 316 g/mol. The molecule has 1 heterocycles. The highest BCUT2D eigenvalue weighted by molar-refractivity contribution is 7.86. The molecule has 2 aromatic carbocycles. The van der Waals surface area contributed by atoms with Crippen molar-refractivity contribution in [3.63, 3.8) is 0 Å². The second-order valence-corrected chi connectivity index (χ2v) is 6.45. The van der Waals surface area contributed by atoms with Gasteiger partial charge in [0.05, 0.1) is 10.6 Å². The summed E-state index contributed by atoms with van der Waals surface area (Å²) >= 11 is 0. The first-order chi connectivity index (χ1) is 10.5. The van der Waals surface area contributed by atoms with Gasteiger partial charge in [-0.25, -0.2) is 4.21 Å². The van der Waals surface area contributed by atoms with Gasteiger partial charge >= 0.3 is 0 Å². The van der Waals surface area contributed by atoms with Gasteiger partial charge in [0.1, 0.15) is 16.7 Å². The molecule has 1 aliphatic rings. The van der Waals surface area contributed by atoms with Crippen LogP contribution in [0.15, 0.2) is 41.3 Å². The molecule has 6 heteroatoms. The number of amides is 1. The summed E-state index contributed by atoms with van der Waals surface area (Å²) in [6, 6.07) is 11.0. The number of nitrogens with one attached hydrogen (secondary N) is 2. The molecule has 0 fully saturated rings. The maximum atomic E-state index is 12.5. The van der Waals surface area contributed by atoms with Gasteiger partial charge < -0.3 is 14.8 Å². The Morgan fingerprint density at radius 3 is 2.59 bits per heavy atom. The number of aryl methyl sites for hydroxylation is 2. The number of ether oxygens (including phenoxy) is 1. The lowest BCUT2D eigenvalue weighted by Crippen LogP contribution is -2.25. The first kappa shape index (κ1) is 14.6. The third-order valence-electron chi connectivity index (χ3n) is 3.23. The number of hydrogen-bond acceptors (Lipinski definition) is 3. The van der Waals surface area contributed by atoms with Crippen molar-refractivity contribution in [1.82, 2.24) is 0 Å². The summed E-state index contributed by atoms with van der Waals surface area (Å²) in [5.74, 6) is 0.379. The Hall–Kier alpha value is -2.34. The van der Waals surface area contributed by atoms with E-state index in [4.69, 9.17) is 4.74 Å². The molecular weight excluding hydrogens is 300 g/mol. The van der Waals surface area contributed by atoms with E-state index in [1.165, 1.54) is 0 Å². The van der Waals surface area contributed by atoms with Crippen molar-refractivity contribution < 1.29 is 13.7 Å². The van der Waals surface area contributed by atoms with Crippen LogP contribution in [0.5, 0.6) is 5.75 Å². The Balaban J connectivity index is 1.83. The molecule has 5 nitrogen and oxygen atoms in total. The van der Waals surface area contributed by atoms with Crippen LogP contribution in [0.4, 0.5) is 11.4 Å². The highest BCUT2D eigenvalue weighted by Gasteiger charge is 2.17. The van der Waals surface area contributed by atoms with Crippen LogP contribution < -0.4 is 14.8 Å². The van der Waals surface area contributed by atoms with Crippen LogP contribution in [0.25, 0.3) is 0 Å². The Bertz CT molecular complexity index is 754. The maximum absolute atomic E-state index is 12.5. The molecule has 22 heavy (non-hydrogen) atoms. The molecule has 114 valence electrons. The number of hydrogen-bond donors (Lipinski definition) is 2. The number of anilines is 2. The van der Waals surface area contributed by atoms with Crippen LogP contribution in [-0.4, -0.2) is 16.7 Å². The quantitative estimate of drug-likeness (QED) is 0.915. The van der Waals surface area contributed by atoms with Crippen LogP contribution in [0, 0.1) is 13.8 Å². The van der Waals surface area contributed by atoms with Gasteiger partial charge in [0.15, 0.2) is 6.61 Å². The molecule has 0 bridgehead atoms. The minimum atomic E-state index is -1.42. The van der Waals surface area contributed by atoms with E-state index in [2.05, 4.69) is 16.1 Å². The molecule has 2 aromatic rings. The summed E-state index contributed by atoms with van der Waals surface area (Å²) in [6.07, 6.45) is 0. The maximum Gasteiger partial charge on any atom is 0.262 e. The van der Waals surface area contributed by atoms with Crippen LogP contribution >= 0.6 is 0 Å². The number of rotatable bonds is 3. The molecular formula is C16H16N2O3S. The fourth-order valence-corrected chi connectivity index (χ4v) is 3.24. The minimum absolute atomic E-state index is 0.0102.